The fourth-order valence-electron chi connectivity index (χ4n) is 2.43. The molecular formula is C12H23N2O3S. The highest BCUT2D eigenvalue weighted by atomic mass is 32.2. The number of piperidine rings is 1. The molecule has 0 aromatic rings. The SMILES string of the molecule is O=S(=O)(CCCN1CCOCC1)N1CC[CH]CC1. The number of nitrogens with zero attached hydrogens (tertiary/aromatic N) is 2. The Balaban J connectivity index is 1.70. The minimum absolute atomic E-state index is 0.282. The topological polar surface area (TPSA) is 49.9 Å². The maximum Gasteiger partial charge on any atom is 0.214 e. The predicted molar refractivity (Wildman–Crippen MR) is 70.8 cm³/mol. The van der Waals surface area contributed by atoms with E-state index in [1.165, 1.54) is 0 Å². The summed E-state index contributed by atoms with van der Waals surface area (Å²) in [6.45, 7) is 5.60. The average Bonchev–Trinajstić information content (AvgIpc) is 2.41. The van der Waals surface area contributed by atoms with Crippen molar-refractivity contribution in [2.75, 3.05) is 51.7 Å². The molecule has 0 N–H and O–H groups in total. The van der Waals surface area contributed by atoms with Crippen LogP contribution in [0.25, 0.3) is 0 Å². The lowest BCUT2D eigenvalue weighted by molar-refractivity contribution is 0.0380. The number of morpholine rings is 1. The largest absolute Gasteiger partial charge is 0.379 e. The fourth-order valence-corrected chi connectivity index (χ4v) is 3.95. The number of rotatable bonds is 5. The quantitative estimate of drug-likeness (QED) is 0.726. The lowest BCUT2D eigenvalue weighted by Crippen LogP contribution is -2.40. The molecule has 0 bridgehead atoms. The number of ether oxygens (including phenoxy) is 1. The molecule has 2 aliphatic heterocycles. The van der Waals surface area contributed by atoms with Gasteiger partial charge in [-0.3, -0.25) is 4.90 Å². The summed E-state index contributed by atoms with van der Waals surface area (Å²) in [4.78, 5) is 2.28. The number of hydrogen-bond acceptors (Lipinski definition) is 4. The Hall–Kier alpha value is -0.170. The van der Waals surface area contributed by atoms with Gasteiger partial charge >= 0.3 is 0 Å². The molecule has 2 aliphatic rings. The predicted octanol–water partition coefficient (Wildman–Crippen LogP) is 0.339. The first-order chi connectivity index (χ1) is 8.68. The molecule has 2 fully saturated rings. The lowest BCUT2D eigenvalue weighted by Gasteiger charge is -2.28. The van der Waals surface area contributed by atoms with Crippen molar-refractivity contribution in [3.05, 3.63) is 6.42 Å². The van der Waals surface area contributed by atoms with Gasteiger partial charge in [-0.05, 0) is 32.2 Å². The summed E-state index contributed by atoms with van der Waals surface area (Å²) in [7, 11) is -3.03. The second-order valence-corrected chi connectivity index (χ2v) is 6.98. The van der Waals surface area contributed by atoms with Crippen molar-refractivity contribution in [1.82, 2.24) is 9.21 Å². The van der Waals surface area contributed by atoms with Crippen molar-refractivity contribution in [2.45, 2.75) is 19.3 Å². The van der Waals surface area contributed by atoms with E-state index in [4.69, 9.17) is 4.74 Å². The van der Waals surface area contributed by atoms with Crippen molar-refractivity contribution >= 4 is 10.0 Å². The van der Waals surface area contributed by atoms with Crippen LogP contribution < -0.4 is 0 Å². The zero-order chi connectivity index (χ0) is 12.8. The molecule has 2 rings (SSSR count). The molecule has 0 spiro atoms. The van der Waals surface area contributed by atoms with Gasteiger partial charge < -0.3 is 4.74 Å². The molecule has 0 saturated carbocycles. The second-order valence-electron chi connectivity index (χ2n) is 4.89. The van der Waals surface area contributed by atoms with Crippen molar-refractivity contribution in [3.8, 4) is 0 Å². The molecule has 105 valence electrons. The number of sulfonamides is 1. The molecule has 0 aliphatic carbocycles. The molecule has 0 atom stereocenters. The van der Waals surface area contributed by atoms with Gasteiger partial charge in [-0.15, -0.1) is 0 Å². The van der Waals surface area contributed by atoms with Gasteiger partial charge in [0, 0.05) is 26.2 Å². The smallest absolute Gasteiger partial charge is 0.214 e. The monoisotopic (exact) mass is 275 g/mol. The van der Waals surface area contributed by atoms with Crippen molar-refractivity contribution in [1.29, 1.82) is 0 Å². The minimum atomic E-state index is -3.03. The molecule has 6 heteroatoms. The minimum Gasteiger partial charge on any atom is -0.379 e. The van der Waals surface area contributed by atoms with Crippen LogP contribution in [0.3, 0.4) is 0 Å². The molecule has 0 aromatic heterocycles. The van der Waals surface area contributed by atoms with Crippen LogP contribution in [0.15, 0.2) is 0 Å². The van der Waals surface area contributed by atoms with E-state index in [0.717, 1.165) is 52.1 Å². The van der Waals surface area contributed by atoms with E-state index in [-0.39, 0.29) is 5.75 Å². The summed E-state index contributed by atoms with van der Waals surface area (Å²) in [5.41, 5.74) is 0. The summed E-state index contributed by atoms with van der Waals surface area (Å²) < 4.78 is 31.1. The van der Waals surface area contributed by atoms with Gasteiger partial charge in [-0.1, -0.05) is 0 Å². The zero-order valence-electron chi connectivity index (χ0n) is 10.9. The van der Waals surface area contributed by atoms with Crippen LogP contribution in [0.5, 0.6) is 0 Å². The average molecular weight is 275 g/mol. The van der Waals surface area contributed by atoms with E-state index in [9.17, 15) is 8.42 Å². The molecule has 0 unspecified atom stereocenters. The van der Waals surface area contributed by atoms with E-state index in [0.29, 0.717) is 13.1 Å². The maximum absolute atomic E-state index is 12.1. The Morgan fingerprint density at radius 3 is 2.39 bits per heavy atom. The highest BCUT2D eigenvalue weighted by Crippen LogP contribution is 2.13. The van der Waals surface area contributed by atoms with Gasteiger partial charge in [-0.25, -0.2) is 12.7 Å². The Kier molecular flexibility index (Phi) is 5.41. The maximum atomic E-state index is 12.1. The molecule has 0 aromatic carbocycles. The molecule has 5 nitrogen and oxygen atoms in total. The third kappa shape index (κ3) is 4.19. The van der Waals surface area contributed by atoms with E-state index >= 15 is 0 Å². The van der Waals surface area contributed by atoms with Crippen LogP contribution in [-0.2, 0) is 14.8 Å². The summed E-state index contributed by atoms with van der Waals surface area (Å²) in [6, 6.07) is 0. The first-order valence-corrected chi connectivity index (χ1v) is 8.39. The van der Waals surface area contributed by atoms with Crippen LogP contribution in [0.1, 0.15) is 19.3 Å². The van der Waals surface area contributed by atoms with Gasteiger partial charge in [0.1, 0.15) is 0 Å². The van der Waals surface area contributed by atoms with E-state index in [1.54, 1.807) is 4.31 Å². The zero-order valence-corrected chi connectivity index (χ0v) is 11.7. The standard InChI is InChI=1S/C12H23N2O3S/c15-18(16,14-6-2-1-3-7-14)12-4-5-13-8-10-17-11-9-13/h1H,2-12H2. The first-order valence-electron chi connectivity index (χ1n) is 6.78. The van der Waals surface area contributed by atoms with Crippen LogP contribution in [-0.4, -0.2) is 69.3 Å². The highest BCUT2D eigenvalue weighted by Gasteiger charge is 2.23. The normalized spacial score (nSPS) is 24.2. The molecule has 0 amide bonds. The molecule has 2 saturated heterocycles. The van der Waals surface area contributed by atoms with Gasteiger partial charge in [0.15, 0.2) is 0 Å². The van der Waals surface area contributed by atoms with Crippen LogP contribution in [0.2, 0.25) is 0 Å². The van der Waals surface area contributed by atoms with Crippen molar-refractivity contribution < 1.29 is 13.2 Å². The van der Waals surface area contributed by atoms with Gasteiger partial charge in [-0.2, -0.15) is 0 Å². The van der Waals surface area contributed by atoms with E-state index < -0.39 is 10.0 Å². The molecule has 18 heavy (non-hydrogen) atoms. The first kappa shape index (κ1) is 14.2. The fraction of sp³-hybridized carbons (Fsp3) is 0.917. The van der Waals surface area contributed by atoms with Crippen LogP contribution in [0, 0.1) is 6.42 Å². The van der Waals surface area contributed by atoms with Crippen molar-refractivity contribution in [2.24, 2.45) is 0 Å². The Labute approximate surface area is 110 Å². The van der Waals surface area contributed by atoms with E-state index in [1.807, 2.05) is 0 Å². The summed E-state index contributed by atoms with van der Waals surface area (Å²) in [6.07, 6.45) is 4.67. The molecule has 1 radical (unpaired) electrons. The Morgan fingerprint density at radius 2 is 1.72 bits per heavy atom. The summed E-state index contributed by atoms with van der Waals surface area (Å²) >= 11 is 0. The van der Waals surface area contributed by atoms with Gasteiger partial charge in [0.2, 0.25) is 10.0 Å². The summed E-state index contributed by atoms with van der Waals surface area (Å²) in [5.74, 6) is 0.282. The highest BCUT2D eigenvalue weighted by molar-refractivity contribution is 7.89. The third-order valence-corrected chi connectivity index (χ3v) is 5.50. The van der Waals surface area contributed by atoms with Crippen LogP contribution >= 0.6 is 0 Å². The number of hydrogen-bond donors (Lipinski definition) is 0. The third-order valence-electron chi connectivity index (χ3n) is 3.54. The van der Waals surface area contributed by atoms with Crippen LogP contribution in [0.4, 0.5) is 0 Å². The molecule has 2 heterocycles. The van der Waals surface area contributed by atoms with Crippen molar-refractivity contribution in [3.63, 3.8) is 0 Å². The second kappa shape index (κ2) is 6.84. The Morgan fingerprint density at radius 1 is 1.06 bits per heavy atom. The van der Waals surface area contributed by atoms with Gasteiger partial charge in [0.05, 0.1) is 19.0 Å². The lowest BCUT2D eigenvalue weighted by atomic mass is 10.2. The summed E-state index contributed by atoms with van der Waals surface area (Å²) in [5, 5.41) is 0. The van der Waals surface area contributed by atoms with E-state index in [2.05, 4.69) is 11.3 Å². The molecular weight excluding hydrogens is 252 g/mol. The van der Waals surface area contributed by atoms with Gasteiger partial charge in [0.25, 0.3) is 0 Å². The Bertz CT molecular complexity index is 333.